The molecule has 0 aliphatic carbocycles. The maximum Gasteiger partial charge on any atom is 0.337 e. The number of hydrogen-bond acceptors (Lipinski definition) is 5. The first kappa shape index (κ1) is 22.2. The molecule has 4 aromatic carbocycles. The Morgan fingerprint density at radius 1 is 0.667 bits per heavy atom. The van der Waals surface area contributed by atoms with Gasteiger partial charge in [-0.2, -0.15) is 0 Å². The van der Waals surface area contributed by atoms with Crippen molar-refractivity contribution >= 4 is 33.5 Å². The molecule has 0 saturated heterocycles. The van der Waals surface area contributed by atoms with E-state index in [1.165, 1.54) is 19.2 Å². The van der Waals surface area contributed by atoms with Crippen molar-refractivity contribution in [1.29, 1.82) is 0 Å². The summed E-state index contributed by atoms with van der Waals surface area (Å²) < 4.78 is 4.62. The van der Waals surface area contributed by atoms with Crippen LogP contribution in [0.3, 0.4) is 0 Å². The monoisotopic (exact) mass is 406 g/mol. The van der Waals surface area contributed by atoms with E-state index >= 15 is 0 Å². The highest BCUT2D eigenvalue weighted by atomic mass is 16.5. The molecule has 0 unspecified atom stereocenters. The minimum atomic E-state index is -0.944. The number of esters is 1. The molecule has 6 nitrogen and oxygen atoms in total. The van der Waals surface area contributed by atoms with Crippen LogP contribution < -0.4 is 0 Å². The van der Waals surface area contributed by atoms with Crippen molar-refractivity contribution in [3.8, 4) is 11.5 Å². The topological polar surface area (TPSA) is 104 Å². The maximum absolute atomic E-state index is 11.3. The van der Waals surface area contributed by atoms with Crippen LogP contribution in [0.1, 0.15) is 28.1 Å². The summed E-state index contributed by atoms with van der Waals surface area (Å²) in [5, 5.41) is 30.6. The van der Waals surface area contributed by atoms with Crippen molar-refractivity contribution in [2.45, 2.75) is 7.43 Å². The van der Waals surface area contributed by atoms with Crippen molar-refractivity contribution in [2.75, 3.05) is 7.11 Å². The molecular formula is C24H22O6. The SMILES string of the molecule is C.COC(=O)c1ccc2cc(O)ccc2c1.O=C(O)c1ccc2cc(O)ccc2c1. The van der Waals surface area contributed by atoms with Gasteiger partial charge >= 0.3 is 11.9 Å². The lowest BCUT2D eigenvalue weighted by Crippen LogP contribution is -2.00. The Kier molecular flexibility index (Phi) is 6.99. The second-order valence-electron chi connectivity index (χ2n) is 6.29. The van der Waals surface area contributed by atoms with Gasteiger partial charge in [-0.25, -0.2) is 9.59 Å². The smallest absolute Gasteiger partial charge is 0.337 e. The normalized spacial score (nSPS) is 9.90. The Hall–Kier alpha value is -4.06. The molecule has 4 aromatic rings. The lowest BCUT2D eigenvalue weighted by Gasteiger charge is -2.02. The van der Waals surface area contributed by atoms with Gasteiger partial charge < -0.3 is 20.1 Å². The lowest BCUT2D eigenvalue weighted by atomic mass is 10.1. The maximum atomic E-state index is 11.3. The number of carbonyl (C=O) groups is 2. The number of aromatic carboxylic acids is 1. The fourth-order valence-electron chi connectivity index (χ4n) is 2.84. The summed E-state index contributed by atoms with van der Waals surface area (Å²) in [7, 11) is 1.35. The van der Waals surface area contributed by atoms with E-state index in [-0.39, 0.29) is 30.5 Å². The van der Waals surface area contributed by atoms with E-state index in [1.54, 1.807) is 60.7 Å². The third-order valence-electron chi connectivity index (χ3n) is 4.32. The zero-order chi connectivity index (χ0) is 21.0. The van der Waals surface area contributed by atoms with Crippen LogP contribution in [-0.2, 0) is 4.74 Å². The molecule has 0 bridgehead atoms. The number of carboxylic acid groups (broad SMARTS) is 1. The van der Waals surface area contributed by atoms with Gasteiger partial charge in [-0.15, -0.1) is 0 Å². The van der Waals surface area contributed by atoms with E-state index in [0.29, 0.717) is 5.56 Å². The fourth-order valence-corrected chi connectivity index (χ4v) is 2.84. The summed E-state index contributed by atoms with van der Waals surface area (Å²) in [4.78, 5) is 21.9. The molecule has 0 amide bonds. The average molecular weight is 406 g/mol. The van der Waals surface area contributed by atoms with Crippen LogP contribution in [0, 0.1) is 0 Å². The number of aromatic hydroxyl groups is 2. The Morgan fingerprint density at radius 2 is 1.07 bits per heavy atom. The van der Waals surface area contributed by atoms with Crippen molar-refractivity contribution in [3.63, 3.8) is 0 Å². The van der Waals surface area contributed by atoms with Gasteiger partial charge in [0.25, 0.3) is 0 Å². The van der Waals surface area contributed by atoms with Gasteiger partial charge in [0.15, 0.2) is 0 Å². The number of phenolic OH excluding ortho intramolecular Hbond substituents is 2. The first-order chi connectivity index (χ1) is 13.9. The van der Waals surface area contributed by atoms with Gasteiger partial charge in [0.2, 0.25) is 0 Å². The largest absolute Gasteiger partial charge is 0.508 e. The van der Waals surface area contributed by atoms with E-state index in [9.17, 15) is 19.8 Å². The average Bonchev–Trinajstić information content (AvgIpc) is 2.72. The number of fused-ring (bicyclic) bond motifs is 2. The second kappa shape index (κ2) is 9.43. The van der Waals surface area contributed by atoms with Crippen LogP contribution in [-0.4, -0.2) is 34.4 Å². The summed E-state index contributed by atoms with van der Waals surface area (Å²) in [6.07, 6.45) is 0. The molecule has 0 saturated carbocycles. The number of rotatable bonds is 2. The number of ether oxygens (including phenoxy) is 1. The van der Waals surface area contributed by atoms with Crippen LogP contribution in [0.25, 0.3) is 21.5 Å². The van der Waals surface area contributed by atoms with E-state index in [1.807, 2.05) is 0 Å². The molecule has 0 spiro atoms. The molecule has 154 valence electrons. The van der Waals surface area contributed by atoms with Crippen LogP contribution in [0.4, 0.5) is 0 Å². The Bertz CT molecular complexity index is 1210. The first-order valence-electron chi connectivity index (χ1n) is 8.64. The molecule has 0 aromatic heterocycles. The lowest BCUT2D eigenvalue weighted by molar-refractivity contribution is 0.0600. The van der Waals surface area contributed by atoms with Crippen LogP contribution in [0.2, 0.25) is 0 Å². The summed E-state index contributed by atoms with van der Waals surface area (Å²) in [6, 6.07) is 19.8. The summed E-state index contributed by atoms with van der Waals surface area (Å²) in [6.45, 7) is 0. The highest BCUT2D eigenvalue weighted by Crippen LogP contribution is 2.22. The second-order valence-corrected chi connectivity index (χ2v) is 6.29. The molecule has 0 aliphatic rings. The van der Waals surface area contributed by atoms with Gasteiger partial charge in [-0.1, -0.05) is 31.7 Å². The number of methoxy groups -OCH3 is 1. The molecule has 0 fully saturated rings. The summed E-state index contributed by atoms with van der Waals surface area (Å²) in [5.41, 5.74) is 0.763. The van der Waals surface area contributed by atoms with Crippen LogP contribution in [0.15, 0.2) is 72.8 Å². The molecule has 3 N–H and O–H groups in total. The zero-order valence-electron chi connectivity index (χ0n) is 15.5. The quantitative estimate of drug-likeness (QED) is 0.395. The van der Waals surface area contributed by atoms with Crippen molar-refractivity contribution in [1.82, 2.24) is 0 Å². The molecule has 6 heteroatoms. The van der Waals surface area contributed by atoms with E-state index in [2.05, 4.69) is 4.74 Å². The molecule has 30 heavy (non-hydrogen) atoms. The number of carbonyl (C=O) groups excluding carboxylic acids is 1. The van der Waals surface area contributed by atoms with Crippen LogP contribution in [0.5, 0.6) is 11.5 Å². The minimum absolute atomic E-state index is 0. The van der Waals surface area contributed by atoms with Crippen molar-refractivity contribution in [3.05, 3.63) is 83.9 Å². The molecule has 0 aliphatic heterocycles. The van der Waals surface area contributed by atoms with Gasteiger partial charge in [-0.3, -0.25) is 0 Å². The number of benzene rings is 4. The summed E-state index contributed by atoms with van der Waals surface area (Å²) >= 11 is 0. The number of hydrogen-bond donors (Lipinski definition) is 3. The molecule has 0 heterocycles. The third kappa shape index (κ3) is 5.05. The fraction of sp³-hybridized carbons (Fsp3) is 0.0833. The van der Waals surface area contributed by atoms with Crippen LogP contribution >= 0.6 is 0 Å². The standard InChI is InChI=1S/C12H10O3.C11H8O3.CH4/c1-15-12(14)10-3-2-9-7-11(13)5-4-8(9)6-10;12-10-4-3-7-5-9(11(13)14)2-1-8(7)6-10;/h2-7,13H,1H3;1-6,12H,(H,13,14);1H4. The van der Waals surface area contributed by atoms with E-state index in [4.69, 9.17) is 5.11 Å². The van der Waals surface area contributed by atoms with Gasteiger partial charge in [-0.05, 0) is 70.1 Å². The Morgan fingerprint density at radius 3 is 1.53 bits per heavy atom. The highest BCUT2D eigenvalue weighted by molar-refractivity contribution is 5.96. The van der Waals surface area contributed by atoms with Gasteiger partial charge in [0.05, 0.1) is 18.2 Å². The van der Waals surface area contributed by atoms with Crippen molar-refractivity contribution in [2.24, 2.45) is 0 Å². The predicted molar refractivity (Wildman–Crippen MR) is 116 cm³/mol. The van der Waals surface area contributed by atoms with Gasteiger partial charge in [0.1, 0.15) is 11.5 Å². The Balaban J connectivity index is 0.000000207. The number of phenols is 2. The molecule has 0 radical (unpaired) electrons. The first-order valence-corrected chi connectivity index (χ1v) is 8.64. The Labute approximate surface area is 173 Å². The summed E-state index contributed by atoms with van der Waals surface area (Å²) in [5.74, 6) is -0.904. The molecule has 4 rings (SSSR count). The van der Waals surface area contributed by atoms with E-state index in [0.717, 1.165) is 21.5 Å². The molecular weight excluding hydrogens is 384 g/mol. The van der Waals surface area contributed by atoms with Crippen molar-refractivity contribution < 1.29 is 29.6 Å². The van der Waals surface area contributed by atoms with E-state index < -0.39 is 5.97 Å². The molecule has 0 atom stereocenters. The minimum Gasteiger partial charge on any atom is -0.508 e. The van der Waals surface area contributed by atoms with Gasteiger partial charge in [0, 0.05) is 0 Å². The third-order valence-corrected chi connectivity index (χ3v) is 4.32. The highest BCUT2D eigenvalue weighted by Gasteiger charge is 2.06. The predicted octanol–water partition coefficient (Wildman–Crippen LogP) is 5.21. The zero-order valence-corrected chi connectivity index (χ0v) is 15.5. The number of carboxylic acids is 1.